The lowest BCUT2D eigenvalue weighted by molar-refractivity contribution is -0.141. The maximum Gasteiger partial charge on any atom is 0.325 e. The SMILES string of the molecule is CC(NC(=O)C(CCc1ccccc1)NCCc1cccc(O)c1)C(=O)O. The maximum atomic E-state index is 12.5. The summed E-state index contributed by atoms with van der Waals surface area (Å²) in [4.78, 5) is 23.5. The number of aryl methyl sites for hydroxylation is 1. The molecule has 2 aromatic rings. The largest absolute Gasteiger partial charge is 0.508 e. The minimum atomic E-state index is -1.06. The van der Waals surface area contributed by atoms with E-state index in [-0.39, 0.29) is 11.7 Å². The van der Waals surface area contributed by atoms with E-state index in [1.54, 1.807) is 18.2 Å². The zero-order valence-electron chi connectivity index (χ0n) is 15.4. The summed E-state index contributed by atoms with van der Waals surface area (Å²) in [5.41, 5.74) is 2.08. The van der Waals surface area contributed by atoms with Crippen LogP contribution in [0.4, 0.5) is 0 Å². The quantitative estimate of drug-likeness (QED) is 0.513. The highest BCUT2D eigenvalue weighted by Gasteiger charge is 2.22. The molecule has 0 aliphatic carbocycles. The van der Waals surface area contributed by atoms with Gasteiger partial charge in [0.1, 0.15) is 11.8 Å². The van der Waals surface area contributed by atoms with E-state index >= 15 is 0 Å². The molecule has 0 aliphatic heterocycles. The van der Waals surface area contributed by atoms with Crippen LogP contribution in [0.15, 0.2) is 54.6 Å². The van der Waals surface area contributed by atoms with Crippen LogP contribution in [0, 0.1) is 0 Å². The van der Waals surface area contributed by atoms with E-state index in [0.29, 0.717) is 25.8 Å². The number of carbonyl (C=O) groups excluding carboxylic acids is 1. The van der Waals surface area contributed by atoms with Crippen molar-refractivity contribution in [2.24, 2.45) is 0 Å². The van der Waals surface area contributed by atoms with Gasteiger partial charge in [-0.2, -0.15) is 0 Å². The molecule has 0 spiro atoms. The highest BCUT2D eigenvalue weighted by atomic mass is 16.4. The van der Waals surface area contributed by atoms with E-state index in [1.165, 1.54) is 6.92 Å². The monoisotopic (exact) mass is 370 g/mol. The first-order valence-corrected chi connectivity index (χ1v) is 9.04. The molecule has 144 valence electrons. The van der Waals surface area contributed by atoms with Gasteiger partial charge in [-0.15, -0.1) is 0 Å². The summed E-state index contributed by atoms with van der Waals surface area (Å²) in [5.74, 6) is -1.18. The van der Waals surface area contributed by atoms with Crippen LogP contribution in [-0.4, -0.2) is 40.7 Å². The average Bonchev–Trinajstić information content (AvgIpc) is 2.65. The number of amides is 1. The lowest BCUT2D eigenvalue weighted by Gasteiger charge is -2.20. The van der Waals surface area contributed by atoms with Gasteiger partial charge in [0, 0.05) is 0 Å². The summed E-state index contributed by atoms with van der Waals surface area (Å²) in [6.45, 7) is 1.99. The third-order valence-corrected chi connectivity index (χ3v) is 4.33. The van der Waals surface area contributed by atoms with Gasteiger partial charge in [0.15, 0.2) is 0 Å². The molecule has 0 bridgehead atoms. The number of aromatic hydroxyl groups is 1. The number of hydrogen-bond acceptors (Lipinski definition) is 4. The van der Waals surface area contributed by atoms with Gasteiger partial charge in [-0.05, 0) is 56.0 Å². The topological polar surface area (TPSA) is 98.7 Å². The molecule has 4 N–H and O–H groups in total. The van der Waals surface area contributed by atoms with E-state index in [2.05, 4.69) is 10.6 Å². The second-order valence-corrected chi connectivity index (χ2v) is 6.52. The molecule has 2 unspecified atom stereocenters. The molecule has 2 atom stereocenters. The summed E-state index contributed by atoms with van der Waals surface area (Å²) in [6, 6.07) is 15.4. The predicted molar refractivity (Wildman–Crippen MR) is 104 cm³/mol. The third-order valence-electron chi connectivity index (χ3n) is 4.33. The van der Waals surface area contributed by atoms with Crippen molar-refractivity contribution >= 4 is 11.9 Å². The van der Waals surface area contributed by atoms with E-state index < -0.39 is 18.1 Å². The molecule has 0 fully saturated rings. The Hall–Kier alpha value is -2.86. The Labute approximate surface area is 159 Å². The Morgan fingerprint density at radius 1 is 1.00 bits per heavy atom. The number of carboxylic acid groups (broad SMARTS) is 1. The fraction of sp³-hybridized carbons (Fsp3) is 0.333. The first kappa shape index (κ1) is 20.5. The van der Waals surface area contributed by atoms with Crippen LogP contribution in [-0.2, 0) is 22.4 Å². The molecule has 2 aromatic carbocycles. The van der Waals surface area contributed by atoms with Crippen LogP contribution in [0.2, 0.25) is 0 Å². The second-order valence-electron chi connectivity index (χ2n) is 6.52. The lowest BCUT2D eigenvalue weighted by Crippen LogP contribution is -2.49. The number of phenolic OH excluding ortho intramolecular Hbond substituents is 1. The number of aliphatic carboxylic acids is 1. The molecule has 0 saturated heterocycles. The van der Waals surface area contributed by atoms with E-state index in [1.807, 2.05) is 36.4 Å². The van der Waals surface area contributed by atoms with Gasteiger partial charge in [-0.25, -0.2) is 0 Å². The zero-order valence-corrected chi connectivity index (χ0v) is 15.4. The normalized spacial score (nSPS) is 12.9. The Balaban J connectivity index is 1.94. The van der Waals surface area contributed by atoms with Crippen molar-refractivity contribution in [1.29, 1.82) is 0 Å². The van der Waals surface area contributed by atoms with Gasteiger partial charge >= 0.3 is 5.97 Å². The fourth-order valence-corrected chi connectivity index (χ4v) is 2.76. The average molecular weight is 370 g/mol. The molecule has 6 nitrogen and oxygen atoms in total. The summed E-state index contributed by atoms with van der Waals surface area (Å²) >= 11 is 0. The highest BCUT2D eigenvalue weighted by molar-refractivity contribution is 5.86. The van der Waals surface area contributed by atoms with Gasteiger partial charge in [0.05, 0.1) is 6.04 Å². The predicted octanol–water partition coefficient (Wildman–Crippen LogP) is 2.11. The molecule has 1 amide bonds. The summed E-state index contributed by atoms with van der Waals surface area (Å²) in [6.07, 6.45) is 1.92. The van der Waals surface area contributed by atoms with E-state index in [0.717, 1.165) is 11.1 Å². The van der Waals surface area contributed by atoms with Gasteiger partial charge in [-0.1, -0.05) is 42.5 Å². The van der Waals surface area contributed by atoms with Gasteiger partial charge in [-0.3, -0.25) is 9.59 Å². The van der Waals surface area contributed by atoms with Crippen molar-refractivity contribution in [1.82, 2.24) is 10.6 Å². The molecule has 6 heteroatoms. The number of carbonyl (C=O) groups is 2. The van der Waals surface area contributed by atoms with Crippen LogP contribution in [0.3, 0.4) is 0 Å². The fourth-order valence-electron chi connectivity index (χ4n) is 2.76. The van der Waals surface area contributed by atoms with Crippen LogP contribution >= 0.6 is 0 Å². The standard InChI is InChI=1S/C21H26N2O4/c1-15(21(26)27)23-20(25)19(11-10-16-6-3-2-4-7-16)22-13-12-17-8-5-9-18(24)14-17/h2-9,14-15,19,22,24H,10-13H2,1H3,(H,23,25)(H,26,27). The Kier molecular flexibility index (Phi) is 7.82. The van der Waals surface area contributed by atoms with Crippen LogP contribution < -0.4 is 10.6 Å². The second kappa shape index (κ2) is 10.3. The van der Waals surface area contributed by atoms with Gasteiger partial charge in [0.2, 0.25) is 5.91 Å². The molecule has 0 aliphatic rings. The number of rotatable bonds is 10. The van der Waals surface area contributed by atoms with Crippen molar-refractivity contribution in [2.75, 3.05) is 6.54 Å². The van der Waals surface area contributed by atoms with Crippen LogP contribution in [0.1, 0.15) is 24.5 Å². The highest BCUT2D eigenvalue weighted by Crippen LogP contribution is 2.11. The zero-order chi connectivity index (χ0) is 19.6. The summed E-state index contributed by atoms with van der Waals surface area (Å²) < 4.78 is 0. The molecule has 27 heavy (non-hydrogen) atoms. The van der Waals surface area contributed by atoms with Crippen LogP contribution in [0.5, 0.6) is 5.75 Å². The Bertz CT molecular complexity index is 749. The maximum absolute atomic E-state index is 12.5. The number of nitrogens with one attached hydrogen (secondary N) is 2. The molecule has 2 rings (SSSR count). The van der Waals surface area contributed by atoms with Gasteiger partial charge in [0.25, 0.3) is 0 Å². The number of benzene rings is 2. The summed E-state index contributed by atoms with van der Waals surface area (Å²) in [5, 5.41) is 24.3. The molecular weight excluding hydrogens is 344 g/mol. The number of carboxylic acids is 1. The Morgan fingerprint density at radius 3 is 2.37 bits per heavy atom. The molecule has 0 saturated carbocycles. The minimum absolute atomic E-state index is 0.209. The Morgan fingerprint density at radius 2 is 1.70 bits per heavy atom. The molecule has 0 heterocycles. The molecule has 0 radical (unpaired) electrons. The van der Waals surface area contributed by atoms with Crippen molar-refractivity contribution in [2.45, 2.75) is 38.3 Å². The van der Waals surface area contributed by atoms with Crippen LogP contribution in [0.25, 0.3) is 0 Å². The summed E-state index contributed by atoms with van der Waals surface area (Å²) in [7, 11) is 0. The third kappa shape index (κ3) is 7.11. The van der Waals surface area contributed by atoms with Crippen molar-refractivity contribution in [3.8, 4) is 5.75 Å². The van der Waals surface area contributed by atoms with Gasteiger partial charge < -0.3 is 20.8 Å². The van der Waals surface area contributed by atoms with E-state index in [9.17, 15) is 14.7 Å². The molecular formula is C21H26N2O4. The number of phenols is 1. The molecule has 0 aromatic heterocycles. The minimum Gasteiger partial charge on any atom is -0.508 e. The first-order valence-electron chi connectivity index (χ1n) is 9.04. The lowest BCUT2D eigenvalue weighted by atomic mass is 10.0. The number of hydrogen-bond donors (Lipinski definition) is 4. The van der Waals surface area contributed by atoms with Crippen molar-refractivity contribution in [3.63, 3.8) is 0 Å². The first-order chi connectivity index (χ1) is 13.0. The smallest absolute Gasteiger partial charge is 0.325 e. The van der Waals surface area contributed by atoms with E-state index in [4.69, 9.17) is 5.11 Å². The van der Waals surface area contributed by atoms with Crippen molar-refractivity contribution < 1.29 is 19.8 Å². The van der Waals surface area contributed by atoms with Crippen molar-refractivity contribution in [3.05, 3.63) is 65.7 Å².